The number of nitrogens with zero attached hydrogens (tertiary/aromatic N) is 3. The van der Waals surface area contributed by atoms with E-state index in [1.807, 2.05) is 19.0 Å². The molecule has 4 rings (SSSR count). The summed E-state index contributed by atoms with van der Waals surface area (Å²) in [5.41, 5.74) is 0.158. The fraction of sp³-hybridized carbons (Fsp3) is 0.688. The maximum absolute atomic E-state index is 13.1. The third-order valence-electron chi connectivity index (χ3n) is 5.81. The SMILES string of the molecule is CN(C)c1ccc(S(=O)(=O)N2CC3(CCC3)[C@@H]3COC[C@H]32)cn1. The van der Waals surface area contributed by atoms with Crippen LogP contribution in [0.3, 0.4) is 0 Å². The zero-order chi connectivity index (χ0) is 16.2. The monoisotopic (exact) mass is 337 g/mol. The molecule has 0 aromatic carbocycles. The molecule has 23 heavy (non-hydrogen) atoms. The number of pyridine rings is 1. The molecule has 1 saturated carbocycles. The van der Waals surface area contributed by atoms with Gasteiger partial charge in [0.05, 0.1) is 19.3 Å². The Morgan fingerprint density at radius 3 is 2.65 bits per heavy atom. The van der Waals surface area contributed by atoms with Crippen LogP contribution >= 0.6 is 0 Å². The van der Waals surface area contributed by atoms with Crippen molar-refractivity contribution in [1.82, 2.24) is 9.29 Å². The maximum atomic E-state index is 13.1. The van der Waals surface area contributed by atoms with Gasteiger partial charge in [-0.15, -0.1) is 0 Å². The summed E-state index contributed by atoms with van der Waals surface area (Å²) in [7, 11) is 0.263. The standard InChI is InChI=1S/C16H23N3O3S/c1-18(2)15-5-4-12(8-17-15)23(20,21)19-11-16(6-3-7-16)13-9-22-10-14(13)19/h4-5,8,13-14H,3,6-7,9-11H2,1-2H3/t13-,14-/m1/s1. The number of hydrogen-bond donors (Lipinski definition) is 0. The van der Waals surface area contributed by atoms with Crippen LogP contribution in [0.25, 0.3) is 0 Å². The molecule has 7 heteroatoms. The third kappa shape index (κ3) is 2.21. The first-order chi connectivity index (χ1) is 10.9. The van der Waals surface area contributed by atoms with Crippen LogP contribution in [0, 0.1) is 11.3 Å². The van der Waals surface area contributed by atoms with Crippen molar-refractivity contribution in [2.45, 2.75) is 30.2 Å². The Morgan fingerprint density at radius 1 is 1.30 bits per heavy atom. The Morgan fingerprint density at radius 2 is 2.09 bits per heavy atom. The van der Waals surface area contributed by atoms with Gasteiger partial charge in [-0.3, -0.25) is 0 Å². The molecule has 1 aliphatic carbocycles. The first-order valence-corrected chi connectivity index (χ1v) is 9.61. The van der Waals surface area contributed by atoms with Crippen LogP contribution in [0.5, 0.6) is 0 Å². The van der Waals surface area contributed by atoms with E-state index in [1.54, 1.807) is 16.4 Å². The summed E-state index contributed by atoms with van der Waals surface area (Å²) in [4.78, 5) is 6.40. The van der Waals surface area contributed by atoms with E-state index in [2.05, 4.69) is 4.98 Å². The summed E-state index contributed by atoms with van der Waals surface area (Å²) >= 11 is 0. The van der Waals surface area contributed by atoms with Crippen molar-refractivity contribution in [3.63, 3.8) is 0 Å². The van der Waals surface area contributed by atoms with E-state index >= 15 is 0 Å². The van der Waals surface area contributed by atoms with Gasteiger partial charge >= 0.3 is 0 Å². The van der Waals surface area contributed by atoms with Crippen LogP contribution in [-0.2, 0) is 14.8 Å². The van der Waals surface area contributed by atoms with Gasteiger partial charge in [-0.2, -0.15) is 4.31 Å². The lowest BCUT2D eigenvalue weighted by Gasteiger charge is -2.42. The number of fused-ring (bicyclic) bond motifs is 2. The van der Waals surface area contributed by atoms with E-state index < -0.39 is 10.0 Å². The van der Waals surface area contributed by atoms with Crippen LogP contribution in [-0.4, -0.2) is 57.6 Å². The molecule has 2 saturated heterocycles. The number of sulfonamides is 1. The van der Waals surface area contributed by atoms with Gasteiger partial charge in [-0.25, -0.2) is 13.4 Å². The summed E-state index contributed by atoms with van der Waals surface area (Å²) < 4.78 is 33.5. The van der Waals surface area contributed by atoms with Gasteiger partial charge in [-0.05, 0) is 30.4 Å². The first-order valence-electron chi connectivity index (χ1n) is 8.17. The van der Waals surface area contributed by atoms with Crippen molar-refractivity contribution < 1.29 is 13.2 Å². The highest BCUT2D eigenvalue weighted by Gasteiger charge is 2.60. The minimum absolute atomic E-state index is 0.00572. The average Bonchev–Trinajstić information content (AvgIpc) is 3.06. The molecule has 1 aromatic rings. The van der Waals surface area contributed by atoms with E-state index in [0.29, 0.717) is 25.7 Å². The van der Waals surface area contributed by atoms with Crippen molar-refractivity contribution in [1.29, 1.82) is 0 Å². The average molecular weight is 337 g/mol. The smallest absolute Gasteiger partial charge is 0.244 e. The van der Waals surface area contributed by atoms with Crippen molar-refractivity contribution in [2.75, 3.05) is 38.8 Å². The van der Waals surface area contributed by atoms with Gasteiger partial charge in [0.15, 0.2) is 0 Å². The normalized spacial score (nSPS) is 29.5. The summed E-state index contributed by atoms with van der Waals surface area (Å²) in [6.07, 6.45) is 4.93. The van der Waals surface area contributed by atoms with Crippen molar-refractivity contribution in [2.24, 2.45) is 11.3 Å². The molecule has 0 radical (unpaired) electrons. The largest absolute Gasteiger partial charge is 0.379 e. The second-order valence-corrected chi connectivity index (χ2v) is 9.11. The van der Waals surface area contributed by atoms with Crippen LogP contribution in [0.4, 0.5) is 5.82 Å². The van der Waals surface area contributed by atoms with Crippen LogP contribution in [0.2, 0.25) is 0 Å². The molecule has 2 atom stereocenters. The molecule has 0 amide bonds. The summed E-state index contributed by atoms with van der Waals surface area (Å²) in [6.45, 7) is 1.87. The lowest BCUT2D eigenvalue weighted by atomic mass is 9.62. The van der Waals surface area contributed by atoms with Crippen LogP contribution in [0.15, 0.2) is 23.2 Å². The molecule has 1 aromatic heterocycles. The number of rotatable bonds is 3. The Labute approximate surface area is 137 Å². The fourth-order valence-electron chi connectivity index (χ4n) is 4.30. The quantitative estimate of drug-likeness (QED) is 0.833. The number of anilines is 1. The third-order valence-corrected chi connectivity index (χ3v) is 7.67. The lowest BCUT2D eigenvalue weighted by Crippen LogP contribution is -2.39. The maximum Gasteiger partial charge on any atom is 0.244 e. The van der Waals surface area contributed by atoms with Crippen molar-refractivity contribution >= 4 is 15.8 Å². The number of hydrogen-bond acceptors (Lipinski definition) is 5. The molecule has 126 valence electrons. The number of aromatic nitrogens is 1. The topological polar surface area (TPSA) is 62.7 Å². The Balaban J connectivity index is 1.66. The van der Waals surface area contributed by atoms with E-state index in [4.69, 9.17) is 4.74 Å². The van der Waals surface area contributed by atoms with Gasteiger partial charge in [0, 0.05) is 32.8 Å². The van der Waals surface area contributed by atoms with Gasteiger partial charge in [0.2, 0.25) is 10.0 Å². The lowest BCUT2D eigenvalue weighted by molar-refractivity contribution is 0.0601. The van der Waals surface area contributed by atoms with Gasteiger partial charge in [0.1, 0.15) is 10.7 Å². The predicted molar refractivity (Wildman–Crippen MR) is 86.8 cm³/mol. The van der Waals surface area contributed by atoms with Crippen molar-refractivity contribution in [3.05, 3.63) is 18.3 Å². The summed E-state index contributed by atoms with van der Waals surface area (Å²) in [5, 5.41) is 0. The second-order valence-electron chi connectivity index (χ2n) is 7.22. The van der Waals surface area contributed by atoms with Gasteiger partial charge < -0.3 is 9.64 Å². The minimum Gasteiger partial charge on any atom is -0.379 e. The van der Waals surface area contributed by atoms with E-state index in [9.17, 15) is 8.42 Å². The summed E-state index contributed by atoms with van der Waals surface area (Å²) in [6, 6.07) is 3.41. The molecule has 3 fully saturated rings. The highest BCUT2D eigenvalue weighted by molar-refractivity contribution is 7.89. The molecule has 3 heterocycles. The molecule has 3 aliphatic rings. The molecule has 2 aliphatic heterocycles. The molecule has 6 nitrogen and oxygen atoms in total. The van der Waals surface area contributed by atoms with E-state index in [0.717, 1.165) is 18.7 Å². The first kappa shape index (κ1) is 15.4. The second kappa shape index (κ2) is 5.16. The Bertz CT molecular complexity index is 698. The fourth-order valence-corrected chi connectivity index (χ4v) is 5.99. The zero-order valence-electron chi connectivity index (χ0n) is 13.6. The summed E-state index contributed by atoms with van der Waals surface area (Å²) in [5.74, 6) is 1.11. The molecule has 1 spiro atoms. The Hall–Kier alpha value is -1.18. The number of ether oxygens (including phenoxy) is 1. The van der Waals surface area contributed by atoms with Crippen LogP contribution in [0.1, 0.15) is 19.3 Å². The Kier molecular flexibility index (Phi) is 3.44. The molecular formula is C16H23N3O3S. The molecule has 0 bridgehead atoms. The van der Waals surface area contributed by atoms with Gasteiger partial charge in [0.25, 0.3) is 0 Å². The van der Waals surface area contributed by atoms with Gasteiger partial charge in [-0.1, -0.05) is 6.42 Å². The predicted octanol–water partition coefficient (Wildman–Crippen LogP) is 1.34. The molecule has 0 unspecified atom stereocenters. The highest BCUT2D eigenvalue weighted by Crippen LogP contribution is 2.56. The minimum atomic E-state index is -3.51. The molecule has 0 N–H and O–H groups in total. The molecular weight excluding hydrogens is 314 g/mol. The van der Waals surface area contributed by atoms with Crippen molar-refractivity contribution in [3.8, 4) is 0 Å². The zero-order valence-corrected chi connectivity index (χ0v) is 14.4. The van der Waals surface area contributed by atoms with Crippen LogP contribution < -0.4 is 4.90 Å². The van der Waals surface area contributed by atoms with E-state index in [-0.39, 0.29) is 16.4 Å². The van der Waals surface area contributed by atoms with E-state index in [1.165, 1.54) is 12.6 Å². The highest BCUT2D eigenvalue weighted by atomic mass is 32.2.